The van der Waals surface area contributed by atoms with Crippen molar-refractivity contribution in [3.63, 3.8) is 0 Å². The lowest BCUT2D eigenvalue weighted by Crippen LogP contribution is -2.41. The first-order chi connectivity index (χ1) is 7.76. The number of rotatable bonds is 5. The van der Waals surface area contributed by atoms with Crippen LogP contribution in [0.4, 0.5) is 0 Å². The summed E-state index contributed by atoms with van der Waals surface area (Å²) in [6.07, 6.45) is 3.36. The zero-order valence-electron chi connectivity index (χ0n) is 12.0. The van der Waals surface area contributed by atoms with Gasteiger partial charge >= 0.3 is 0 Å². The Labute approximate surface area is 107 Å². The molecule has 0 radical (unpaired) electrons. The maximum Gasteiger partial charge on any atom is 0.191 e. The Morgan fingerprint density at radius 1 is 1.24 bits per heavy atom. The Balaban J connectivity index is 2.25. The van der Waals surface area contributed by atoms with Gasteiger partial charge in [-0.05, 0) is 37.4 Å². The van der Waals surface area contributed by atoms with Crippen LogP contribution >= 0.6 is 0 Å². The second-order valence-corrected chi connectivity index (χ2v) is 11.3. The summed E-state index contributed by atoms with van der Waals surface area (Å²) in [5.74, 6) is 0. The molecular formula is C13H28O3Si. The van der Waals surface area contributed by atoms with Crippen LogP contribution in [0.25, 0.3) is 0 Å². The van der Waals surface area contributed by atoms with Gasteiger partial charge in [-0.25, -0.2) is 0 Å². The maximum atomic E-state index is 9.00. The van der Waals surface area contributed by atoms with Gasteiger partial charge in [0.2, 0.25) is 0 Å². The molecule has 17 heavy (non-hydrogen) atoms. The van der Waals surface area contributed by atoms with Crippen LogP contribution < -0.4 is 0 Å². The third-order valence-corrected chi connectivity index (χ3v) is 8.65. The molecule has 0 spiro atoms. The minimum atomic E-state index is -1.61. The molecule has 0 aromatic heterocycles. The Kier molecular flexibility index (Phi) is 5.19. The smallest absolute Gasteiger partial charge is 0.191 e. The quantitative estimate of drug-likeness (QED) is 0.772. The lowest BCUT2D eigenvalue weighted by Gasteiger charge is -2.36. The summed E-state index contributed by atoms with van der Waals surface area (Å²) in [6.45, 7) is 12.3. The van der Waals surface area contributed by atoms with Crippen molar-refractivity contribution in [2.24, 2.45) is 0 Å². The average molecular weight is 260 g/mol. The molecule has 1 aliphatic heterocycles. The largest absolute Gasteiger partial charge is 0.417 e. The summed E-state index contributed by atoms with van der Waals surface area (Å²) >= 11 is 0. The molecule has 0 bridgehead atoms. The van der Waals surface area contributed by atoms with E-state index in [1.165, 1.54) is 0 Å². The topological polar surface area (TPSA) is 38.7 Å². The highest BCUT2D eigenvalue weighted by molar-refractivity contribution is 6.74. The number of hydrogen-bond donors (Lipinski definition) is 1. The Morgan fingerprint density at radius 2 is 1.82 bits per heavy atom. The van der Waals surface area contributed by atoms with Gasteiger partial charge in [-0.2, -0.15) is 0 Å². The lowest BCUT2D eigenvalue weighted by molar-refractivity contribution is 0.00301. The lowest BCUT2D eigenvalue weighted by atomic mass is 10.1. The highest BCUT2D eigenvalue weighted by Crippen LogP contribution is 2.36. The molecule has 1 rings (SSSR count). The molecule has 0 unspecified atom stereocenters. The molecule has 0 amide bonds. The zero-order chi connectivity index (χ0) is 13.1. The molecule has 0 saturated carbocycles. The van der Waals surface area contributed by atoms with Gasteiger partial charge in [-0.1, -0.05) is 20.8 Å². The molecule has 2 atom stereocenters. The molecule has 0 aromatic rings. The maximum absolute atomic E-state index is 9.00. The van der Waals surface area contributed by atoms with E-state index in [0.717, 1.165) is 25.9 Å². The number of ether oxygens (including phenoxy) is 1. The van der Waals surface area contributed by atoms with Gasteiger partial charge in [-0.15, -0.1) is 0 Å². The summed E-state index contributed by atoms with van der Waals surface area (Å²) in [4.78, 5) is 0. The van der Waals surface area contributed by atoms with Crippen LogP contribution in [0.15, 0.2) is 0 Å². The summed E-state index contributed by atoms with van der Waals surface area (Å²) in [5, 5.41) is 9.27. The van der Waals surface area contributed by atoms with Gasteiger partial charge in [0, 0.05) is 6.61 Å². The fraction of sp³-hybridized carbons (Fsp3) is 1.00. The van der Waals surface area contributed by atoms with Gasteiger partial charge in [0.05, 0.1) is 18.8 Å². The third-order valence-electron chi connectivity index (χ3n) is 4.11. The second kappa shape index (κ2) is 5.82. The van der Waals surface area contributed by atoms with Gasteiger partial charge in [-0.3, -0.25) is 0 Å². The van der Waals surface area contributed by atoms with Gasteiger partial charge in [0.15, 0.2) is 8.32 Å². The number of aliphatic hydroxyl groups is 1. The molecule has 3 nitrogen and oxygen atoms in total. The van der Waals surface area contributed by atoms with E-state index in [0.29, 0.717) is 0 Å². The van der Waals surface area contributed by atoms with Crippen LogP contribution in [0.1, 0.15) is 40.0 Å². The molecule has 1 aliphatic rings. The van der Waals surface area contributed by atoms with E-state index in [9.17, 15) is 0 Å². The Hall–Kier alpha value is 0.0969. The van der Waals surface area contributed by atoms with Crippen LogP contribution in [0.2, 0.25) is 18.1 Å². The van der Waals surface area contributed by atoms with Crippen LogP contribution in [0.5, 0.6) is 0 Å². The molecule has 4 heteroatoms. The van der Waals surface area contributed by atoms with E-state index in [1.54, 1.807) is 0 Å². The van der Waals surface area contributed by atoms with Crippen LogP contribution in [-0.4, -0.2) is 38.8 Å². The minimum Gasteiger partial charge on any atom is -0.417 e. The first-order valence-electron chi connectivity index (χ1n) is 6.66. The van der Waals surface area contributed by atoms with Crippen LogP contribution in [-0.2, 0) is 9.16 Å². The van der Waals surface area contributed by atoms with E-state index < -0.39 is 8.32 Å². The molecule has 0 aromatic carbocycles. The van der Waals surface area contributed by atoms with Gasteiger partial charge in [0.1, 0.15) is 0 Å². The van der Waals surface area contributed by atoms with E-state index in [-0.39, 0.29) is 23.9 Å². The normalized spacial score (nSPS) is 26.5. The molecule has 1 N–H and O–H groups in total. The molecule has 1 fully saturated rings. The summed E-state index contributed by atoms with van der Waals surface area (Å²) < 4.78 is 11.8. The molecule has 1 saturated heterocycles. The molecule has 1 heterocycles. The van der Waals surface area contributed by atoms with Gasteiger partial charge in [0.25, 0.3) is 0 Å². The SMILES string of the molecule is CC(C)(C)[Si](C)(C)OCC[C@@H]1CC[C@H](CO)O1. The Morgan fingerprint density at radius 3 is 2.29 bits per heavy atom. The van der Waals surface area contributed by atoms with Crippen molar-refractivity contribution in [2.45, 2.75) is 70.4 Å². The standard InChI is InChI=1S/C13H28O3Si/c1-13(2,3)17(4,5)15-9-8-11-6-7-12(10-14)16-11/h11-12,14H,6-10H2,1-5H3/t11-,12+/m0/s1. The van der Waals surface area contributed by atoms with Crippen LogP contribution in [0, 0.1) is 0 Å². The van der Waals surface area contributed by atoms with E-state index >= 15 is 0 Å². The van der Waals surface area contributed by atoms with Crippen molar-refractivity contribution in [2.75, 3.05) is 13.2 Å². The third kappa shape index (κ3) is 4.36. The predicted molar refractivity (Wildman–Crippen MR) is 72.7 cm³/mol. The van der Waals surface area contributed by atoms with E-state index in [2.05, 4.69) is 33.9 Å². The van der Waals surface area contributed by atoms with Crippen molar-refractivity contribution in [1.29, 1.82) is 0 Å². The second-order valence-electron chi connectivity index (χ2n) is 6.54. The van der Waals surface area contributed by atoms with Crippen molar-refractivity contribution < 1.29 is 14.3 Å². The average Bonchev–Trinajstić information content (AvgIpc) is 2.63. The predicted octanol–water partition coefficient (Wildman–Crippen LogP) is 2.94. The summed E-state index contributed by atoms with van der Waals surface area (Å²) in [7, 11) is -1.61. The minimum absolute atomic E-state index is 0.0628. The number of aliphatic hydroxyl groups excluding tert-OH is 1. The fourth-order valence-corrected chi connectivity index (χ4v) is 2.85. The monoisotopic (exact) mass is 260 g/mol. The van der Waals surface area contributed by atoms with Crippen molar-refractivity contribution in [3.05, 3.63) is 0 Å². The van der Waals surface area contributed by atoms with Crippen molar-refractivity contribution in [3.8, 4) is 0 Å². The van der Waals surface area contributed by atoms with Gasteiger partial charge < -0.3 is 14.3 Å². The molecule has 0 aliphatic carbocycles. The number of hydrogen-bond acceptors (Lipinski definition) is 3. The summed E-state index contributed by atoms with van der Waals surface area (Å²) in [5.41, 5.74) is 0. The first-order valence-corrected chi connectivity index (χ1v) is 9.57. The molecule has 102 valence electrons. The fourth-order valence-electron chi connectivity index (χ4n) is 1.79. The van der Waals surface area contributed by atoms with Crippen LogP contribution in [0.3, 0.4) is 0 Å². The van der Waals surface area contributed by atoms with Crippen molar-refractivity contribution in [1.82, 2.24) is 0 Å². The summed E-state index contributed by atoms with van der Waals surface area (Å²) in [6, 6.07) is 0. The van der Waals surface area contributed by atoms with E-state index in [1.807, 2.05) is 0 Å². The molecular weight excluding hydrogens is 232 g/mol. The highest BCUT2D eigenvalue weighted by atomic mass is 28.4. The first kappa shape index (κ1) is 15.2. The van der Waals surface area contributed by atoms with Crippen molar-refractivity contribution >= 4 is 8.32 Å². The highest BCUT2D eigenvalue weighted by Gasteiger charge is 2.37. The zero-order valence-corrected chi connectivity index (χ0v) is 13.0. The Bertz CT molecular complexity index is 235. The van der Waals surface area contributed by atoms with E-state index in [4.69, 9.17) is 14.3 Å².